The number of hydrogen-bond acceptors (Lipinski definition) is 6. The lowest BCUT2D eigenvalue weighted by molar-refractivity contribution is -0.222. The number of cyclic esters (lactones) is 2. The normalized spacial score (nSPS) is 16.6. The molecule has 6 heteroatoms. The summed E-state index contributed by atoms with van der Waals surface area (Å²) in [6.07, 6.45) is 1.33. The van der Waals surface area contributed by atoms with Gasteiger partial charge in [-0.15, -0.1) is 11.3 Å². The molecule has 1 saturated heterocycles. The SMILES string of the molecule is CC1(C)OC(=O)C(=CNc2ccc3sc4ccccc4c3c2)C(=O)O1. The second kappa shape index (κ2) is 5.60. The third-order valence-corrected chi connectivity index (χ3v) is 5.03. The molecule has 0 saturated carbocycles. The molecule has 1 fully saturated rings. The molecular weight excluding hydrogens is 338 g/mol. The van der Waals surface area contributed by atoms with Gasteiger partial charge in [-0.1, -0.05) is 18.2 Å². The number of carbonyl (C=O) groups is 2. The van der Waals surface area contributed by atoms with Gasteiger partial charge in [0.2, 0.25) is 0 Å². The van der Waals surface area contributed by atoms with Gasteiger partial charge in [0.15, 0.2) is 5.57 Å². The maximum Gasteiger partial charge on any atom is 0.350 e. The lowest BCUT2D eigenvalue weighted by Gasteiger charge is -2.29. The number of esters is 2. The van der Waals surface area contributed by atoms with Crippen LogP contribution in [0.5, 0.6) is 0 Å². The number of anilines is 1. The Kier molecular flexibility index (Phi) is 3.51. The molecule has 0 radical (unpaired) electrons. The van der Waals surface area contributed by atoms with Gasteiger partial charge in [0.1, 0.15) is 0 Å². The van der Waals surface area contributed by atoms with Gasteiger partial charge >= 0.3 is 11.9 Å². The first-order valence-corrected chi connectivity index (χ1v) is 8.59. The Morgan fingerprint density at radius 1 is 0.960 bits per heavy atom. The first-order valence-electron chi connectivity index (χ1n) is 7.78. The van der Waals surface area contributed by atoms with E-state index in [0.29, 0.717) is 0 Å². The molecule has 0 spiro atoms. The van der Waals surface area contributed by atoms with Gasteiger partial charge in [-0.3, -0.25) is 0 Å². The van der Waals surface area contributed by atoms with Gasteiger partial charge in [0, 0.05) is 45.9 Å². The minimum absolute atomic E-state index is 0.158. The van der Waals surface area contributed by atoms with Crippen molar-refractivity contribution in [3.05, 3.63) is 54.2 Å². The highest BCUT2D eigenvalue weighted by Crippen LogP contribution is 2.35. The number of rotatable bonds is 2. The molecule has 2 heterocycles. The van der Waals surface area contributed by atoms with Crippen molar-refractivity contribution in [2.24, 2.45) is 0 Å². The summed E-state index contributed by atoms with van der Waals surface area (Å²) in [6.45, 7) is 3.03. The summed E-state index contributed by atoms with van der Waals surface area (Å²) in [5, 5.41) is 5.29. The van der Waals surface area contributed by atoms with E-state index in [9.17, 15) is 9.59 Å². The van der Waals surface area contributed by atoms with E-state index in [4.69, 9.17) is 9.47 Å². The largest absolute Gasteiger partial charge is 0.419 e. The summed E-state index contributed by atoms with van der Waals surface area (Å²) in [7, 11) is 0. The molecule has 25 heavy (non-hydrogen) atoms. The predicted molar refractivity (Wildman–Crippen MR) is 97.3 cm³/mol. The Morgan fingerprint density at radius 3 is 2.40 bits per heavy atom. The standard InChI is InChI=1S/C19H15NO4S/c1-19(2)23-17(21)14(18(22)24-19)10-20-11-7-8-16-13(9-11)12-5-3-4-6-15(12)25-16/h3-10,20H,1-2H3. The van der Waals surface area contributed by atoms with E-state index in [1.165, 1.54) is 34.8 Å². The van der Waals surface area contributed by atoms with Gasteiger partial charge in [-0.2, -0.15) is 0 Å². The highest BCUT2D eigenvalue weighted by atomic mass is 32.1. The summed E-state index contributed by atoms with van der Waals surface area (Å²) in [5.74, 6) is -2.63. The minimum atomic E-state index is -1.24. The quantitative estimate of drug-likeness (QED) is 0.425. The summed E-state index contributed by atoms with van der Waals surface area (Å²) in [4.78, 5) is 23.9. The van der Waals surface area contributed by atoms with Crippen LogP contribution in [0.4, 0.5) is 5.69 Å². The monoisotopic (exact) mass is 353 g/mol. The van der Waals surface area contributed by atoms with Crippen molar-refractivity contribution in [3.63, 3.8) is 0 Å². The number of thiophene rings is 1. The van der Waals surface area contributed by atoms with Crippen LogP contribution in [0.1, 0.15) is 13.8 Å². The predicted octanol–water partition coefficient (Wildman–Crippen LogP) is 4.19. The fourth-order valence-electron chi connectivity index (χ4n) is 2.75. The van der Waals surface area contributed by atoms with Gasteiger partial charge in [0.05, 0.1) is 0 Å². The van der Waals surface area contributed by atoms with Crippen LogP contribution in [0.25, 0.3) is 20.2 Å². The zero-order chi connectivity index (χ0) is 17.6. The molecule has 2 aromatic carbocycles. The molecule has 1 N–H and O–H groups in total. The molecule has 0 atom stereocenters. The van der Waals surface area contributed by atoms with Crippen molar-refractivity contribution in [3.8, 4) is 0 Å². The van der Waals surface area contributed by atoms with Gasteiger partial charge in [0.25, 0.3) is 5.79 Å². The molecule has 0 aliphatic carbocycles. The van der Waals surface area contributed by atoms with Crippen molar-refractivity contribution in [1.29, 1.82) is 0 Å². The number of benzene rings is 2. The van der Waals surface area contributed by atoms with E-state index >= 15 is 0 Å². The molecule has 0 unspecified atom stereocenters. The van der Waals surface area contributed by atoms with Crippen LogP contribution >= 0.6 is 11.3 Å². The van der Waals surface area contributed by atoms with Crippen LogP contribution < -0.4 is 5.32 Å². The van der Waals surface area contributed by atoms with Crippen molar-refractivity contribution < 1.29 is 19.1 Å². The van der Waals surface area contributed by atoms with Gasteiger partial charge < -0.3 is 14.8 Å². The Morgan fingerprint density at radius 2 is 1.64 bits per heavy atom. The molecular formula is C19H15NO4S. The van der Waals surface area contributed by atoms with E-state index in [1.54, 1.807) is 11.3 Å². The second-order valence-electron chi connectivity index (χ2n) is 6.19. The van der Waals surface area contributed by atoms with Crippen LogP contribution in [0.2, 0.25) is 0 Å². The number of fused-ring (bicyclic) bond motifs is 3. The highest BCUT2D eigenvalue weighted by molar-refractivity contribution is 7.25. The van der Waals surface area contributed by atoms with Crippen LogP contribution in [0, 0.1) is 0 Å². The van der Waals surface area contributed by atoms with Crippen molar-refractivity contribution >= 4 is 49.1 Å². The lowest BCUT2D eigenvalue weighted by Crippen LogP contribution is -2.42. The zero-order valence-electron chi connectivity index (χ0n) is 13.7. The summed E-state index contributed by atoms with van der Waals surface area (Å²) >= 11 is 1.73. The van der Waals surface area contributed by atoms with E-state index < -0.39 is 17.7 Å². The Labute approximate surface area is 147 Å². The zero-order valence-corrected chi connectivity index (χ0v) is 14.5. The fourth-order valence-corrected chi connectivity index (χ4v) is 3.84. The number of hydrogen-bond donors (Lipinski definition) is 1. The van der Waals surface area contributed by atoms with Crippen LogP contribution in [0.15, 0.2) is 54.2 Å². The van der Waals surface area contributed by atoms with Crippen molar-refractivity contribution in [1.82, 2.24) is 0 Å². The number of nitrogens with one attached hydrogen (secondary N) is 1. The first-order chi connectivity index (χ1) is 11.9. The van der Waals surface area contributed by atoms with Crippen molar-refractivity contribution in [2.45, 2.75) is 19.6 Å². The van der Waals surface area contributed by atoms with Crippen LogP contribution in [-0.4, -0.2) is 17.7 Å². The highest BCUT2D eigenvalue weighted by Gasteiger charge is 2.38. The molecule has 0 amide bonds. The molecule has 1 aromatic heterocycles. The minimum Gasteiger partial charge on any atom is -0.419 e. The maximum atomic E-state index is 12.0. The lowest BCUT2D eigenvalue weighted by atomic mass is 10.1. The molecule has 126 valence electrons. The third kappa shape index (κ3) is 2.85. The van der Waals surface area contributed by atoms with Gasteiger partial charge in [-0.05, 0) is 24.3 Å². The molecule has 5 nitrogen and oxygen atoms in total. The second-order valence-corrected chi connectivity index (χ2v) is 7.27. The molecule has 0 bridgehead atoms. The molecule has 4 rings (SSSR count). The molecule has 1 aliphatic rings. The average Bonchev–Trinajstić information content (AvgIpc) is 2.91. The smallest absolute Gasteiger partial charge is 0.350 e. The molecule has 1 aliphatic heterocycles. The fraction of sp³-hybridized carbons (Fsp3) is 0.158. The van der Waals surface area contributed by atoms with Gasteiger partial charge in [-0.25, -0.2) is 9.59 Å². The Balaban J connectivity index is 1.66. The van der Waals surface area contributed by atoms with E-state index in [2.05, 4.69) is 17.4 Å². The average molecular weight is 353 g/mol. The Hall–Kier alpha value is -2.86. The van der Waals surface area contributed by atoms with Crippen LogP contribution in [-0.2, 0) is 19.1 Å². The summed E-state index contributed by atoms with van der Waals surface area (Å²) < 4.78 is 12.5. The third-order valence-electron chi connectivity index (χ3n) is 3.88. The topological polar surface area (TPSA) is 64.6 Å². The van der Waals surface area contributed by atoms with E-state index in [1.807, 2.05) is 30.3 Å². The summed E-state index contributed by atoms with van der Waals surface area (Å²) in [5.41, 5.74) is 0.614. The van der Waals surface area contributed by atoms with Crippen LogP contribution in [0.3, 0.4) is 0 Å². The number of carbonyl (C=O) groups excluding carboxylic acids is 2. The van der Waals surface area contributed by atoms with E-state index in [0.717, 1.165) is 11.1 Å². The molecule has 3 aromatic rings. The first kappa shape index (κ1) is 15.7. The Bertz CT molecular complexity index is 1030. The van der Waals surface area contributed by atoms with E-state index in [-0.39, 0.29) is 5.57 Å². The maximum absolute atomic E-state index is 12.0. The van der Waals surface area contributed by atoms with Crippen molar-refractivity contribution in [2.75, 3.05) is 5.32 Å². The summed E-state index contributed by atoms with van der Waals surface area (Å²) in [6, 6.07) is 14.1. The number of ether oxygens (including phenoxy) is 2.